The van der Waals surface area contributed by atoms with Crippen LogP contribution >= 0.6 is 11.6 Å². The Morgan fingerprint density at radius 3 is 1.65 bits per heavy atom. The lowest BCUT2D eigenvalue weighted by Crippen LogP contribution is -2.44. The predicted molar refractivity (Wildman–Crippen MR) is 115 cm³/mol. The third-order valence-corrected chi connectivity index (χ3v) is 5.71. The first kappa shape index (κ1) is 19.1. The molecule has 1 unspecified atom stereocenters. The van der Waals surface area contributed by atoms with E-state index in [0.717, 1.165) is 18.1 Å². The fourth-order valence-corrected chi connectivity index (χ4v) is 5.18. The van der Waals surface area contributed by atoms with Crippen LogP contribution in [0.1, 0.15) is 41.7 Å². The van der Waals surface area contributed by atoms with Crippen LogP contribution in [0.3, 0.4) is 0 Å². The average Bonchev–Trinajstić information content (AvgIpc) is 2.89. The molecule has 2 nitrogen and oxygen atoms in total. The smallest absolute Gasteiger partial charge is 0.104 e. The molecule has 0 aliphatic carbocycles. The Bertz CT molecular complexity index is 713. The Morgan fingerprint density at radius 2 is 1.19 bits per heavy atom. The maximum absolute atomic E-state index is 6.70. The highest BCUT2D eigenvalue weighted by Crippen LogP contribution is 2.40. The lowest BCUT2D eigenvalue weighted by Gasteiger charge is -2.38. The molecule has 2 aromatic rings. The summed E-state index contributed by atoms with van der Waals surface area (Å²) in [5.74, 6) is 0.495. The van der Waals surface area contributed by atoms with Gasteiger partial charge < -0.3 is 9.80 Å². The van der Waals surface area contributed by atoms with E-state index in [2.05, 4.69) is 82.5 Å². The first-order chi connectivity index (χ1) is 12.2. The molecule has 1 aliphatic heterocycles. The van der Waals surface area contributed by atoms with Crippen molar-refractivity contribution < 1.29 is 0 Å². The van der Waals surface area contributed by atoms with E-state index in [1.807, 2.05) is 0 Å². The van der Waals surface area contributed by atoms with Crippen LogP contribution in [-0.2, 0) is 0 Å². The van der Waals surface area contributed by atoms with E-state index in [9.17, 15) is 0 Å². The van der Waals surface area contributed by atoms with Crippen LogP contribution in [-0.4, -0.2) is 19.3 Å². The fourth-order valence-electron chi connectivity index (χ4n) is 4.75. The molecule has 0 saturated carbocycles. The summed E-state index contributed by atoms with van der Waals surface area (Å²) in [4.78, 5) is 5.10. The highest BCUT2D eigenvalue weighted by atomic mass is 35.5. The molecule has 0 aromatic heterocycles. The lowest BCUT2D eigenvalue weighted by molar-refractivity contribution is 0.492. The van der Waals surface area contributed by atoms with Crippen molar-refractivity contribution in [1.82, 2.24) is 0 Å². The van der Waals surface area contributed by atoms with Gasteiger partial charge in [-0.25, -0.2) is 0 Å². The summed E-state index contributed by atoms with van der Waals surface area (Å²) >= 11 is 6.70. The molecule has 0 radical (unpaired) electrons. The van der Waals surface area contributed by atoms with Crippen molar-refractivity contribution in [2.75, 3.05) is 22.9 Å². The largest absolute Gasteiger partial charge is 0.349 e. The lowest BCUT2D eigenvalue weighted by atomic mass is 10.0. The van der Waals surface area contributed by atoms with Crippen LogP contribution in [0.5, 0.6) is 0 Å². The minimum Gasteiger partial charge on any atom is -0.349 e. The Kier molecular flexibility index (Phi) is 5.25. The summed E-state index contributed by atoms with van der Waals surface area (Å²) in [5.41, 5.74) is 9.12. The Balaban J connectivity index is 2.08. The SMILES string of the molecule is Cc1cc(C)c(N2CCN(c3c(C)cc(C)cc3Cl)C2C(C)C)c(C)c1. The van der Waals surface area contributed by atoms with Crippen LogP contribution in [0, 0.1) is 40.5 Å². The van der Waals surface area contributed by atoms with E-state index in [-0.39, 0.29) is 0 Å². The van der Waals surface area contributed by atoms with Gasteiger partial charge in [0, 0.05) is 18.8 Å². The molecular weight excluding hydrogens is 340 g/mol. The zero-order chi connectivity index (χ0) is 19.2. The van der Waals surface area contributed by atoms with Crippen LogP contribution in [0.4, 0.5) is 11.4 Å². The molecule has 0 amide bonds. The van der Waals surface area contributed by atoms with Gasteiger partial charge in [0.1, 0.15) is 6.17 Å². The van der Waals surface area contributed by atoms with Crippen LogP contribution in [0.15, 0.2) is 24.3 Å². The van der Waals surface area contributed by atoms with E-state index >= 15 is 0 Å². The van der Waals surface area contributed by atoms with E-state index < -0.39 is 0 Å². The molecule has 26 heavy (non-hydrogen) atoms. The first-order valence-electron chi connectivity index (χ1n) is 9.58. The molecule has 3 rings (SSSR count). The predicted octanol–water partition coefficient (Wildman–Crippen LogP) is 6.19. The minimum absolute atomic E-state index is 0.314. The number of hydrogen-bond acceptors (Lipinski definition) is 2. The number of halogens is 1. The second-order valence-corrected chi connectivity index (χ2v) is 8.61. The summed E-state index contributed by atoms with van der Waals surface area (Å²) in [6.07, 6.45) is 0.314. The van der Waals surface area contributed by atoms with Gasteiger partial charge in [0.05, 0.1) is 10.7 Å². The van der Waals surface area contributed by atoms with Gasteiger partial charge in [-0.15, -0.1) is 0 Å². The molecule has 3 heteroatoms. The second kappa shape index (κ2) is 7.15. The molecule has 2 aromatic carbocycles. The van der Waals surface area contributed by atoms with Gasteiger partial charge >= 0.3 is 0 Å². The topological polar surface area (TPSA) is 6.48 Å². The summed E-state index contributed by atoms with van der Waals surface area (Å²) in [7, 11) is 0. The number of nitrogens with zero attached hydrogens (tertiary/aromatic N) is 2. The van der Waals surface area contributed by atoms with E-state index in [1.54, 1.807) is 0 Å². The van der Waals surface area contributed by atoms with Gasteiger partial charge in [-0.3, -0.25) is 0 Å². The van der Waals surface area contributed by atoms with Crippen LogP contribution in [0.25, 0.3) is 0 Å². The second-order valence-electron chi connectivity index (χ2n) is 8.20. The number of anilines is 2. The number of rotatable bonds is 3. The Labute approximate surface area is 163 Å². The van der Waals surface area contributed by atoms with Crippen molar-refractivity contribution in [3.63, 3.8) is 0 Å². The van der Waals surface area contributed by atoms with Gasteiger partial charge in [0.2, 0.25) is 0 Å². The van der Waals surface area contributed by atoms with Crippen molar-refractivity contribution in [2.24, 2.45) is 5.92 Å². The van der Waals surface area contributed by atoms with E-state index in [4.69, 9.17) is 11.6 Å². The zero-order valence-electron chi connectivity index (χ0n) is 17.2. The van der Waals surface area contributed by atoms with Crippen molar-refractivity contribution in [2.45, 2.75) is 54.6 Å². The standard InChI is InChI=1S/C23H31ClN2/c1-14(2)23-25(21-17(5)10-15(3)11-18(21)6)8-9-26(23)22-19(7)12-16(4)13-20(22)24/h10-14,23H,8-9H2,1-7H3. The molecule has 1 atom stereocenters. The van der Waals surface area contributed by atoms with Gasteiger partial charge in [0.15, 0.2) is 0 Å². The summed E-state index contributed by atoms with van der Waals surface area (Å²) in [5, 5.41) is 0.868. The van der Waals surface area contributed by atoms with Gasteiger partial charge in [-0.05, 0) is 68.9 Å². The normalized spacial score (nSPS) is 17.5. The summed E-state index contributed by atoms with van der Waals surface area (Å²) in [6.45, 7) is 17.6. The molecule has 1 fully saturated rings. The van der Waals surface area contributed by atoms with Gasteiger partial charge in [0.25, 0.3) is 0 Å². The van der Waals surface area contributed by atoms with Crippen LogP contribution < -0.4 is 9.80 Å². The summed E-state index contributed by atoms with van der Waals surface area (Å²) < 4.78 is 0. The third kappa shape index (κ3) is 3.32. The van der Waals surface area contributed by atoms with Crippen LogP contribution in [0.2, 0.25) is 5.02 Å². The molecular formula is C23H31ClN2. The molecule has 1 saturated heterocycles. The summed E-state index contributed by atoms with van der Waals surface area (Å²) in [6, 6.07) is 8.93. The highest BCUT2D eigenvalue weighted by Gasteiger charge is 2.37. The van der Waals surface area contributed by atoms with Crippen molar-refractivity contribution in [3.8, 4) is 0 Å². The average molecular weight is 371 g/mol. The fraction of sp³-hybridized carbons (Fsp3) is 0.478. The maximum atomic E-state index is 6.70. The van der Waals surface area contributed by atoms with E-state index in [0.29, 0.717) is 12.1 Å². The number of hydrogen-bond donors (Lipinski definition) is 0. The quantitative estimate of drug-likeness (QED) is 0.635. The Hall–Kier alpha value is -1.67. The molecule has 140 valence electrons. The monoisotopic (exact) mass is 370 g/mol. The molecule has 1 heterocycles. The molecule has 0 spiro atoms. The molecule has 1 aliphatic rings. The van der Waals surface area contributed by atoms with Crippen molar-refractivity contribution >= 4 is 23.0 Å². The van der Waals surface area contributed by atoms with E-state index in [1.165, 1.54) is 39.2 Å². The molecule has 0 bridgehead atoms. The number of benzene rings is 2. The van der Waals surface area contributed by atoms with Gasteiger partial charge in [-0.2, -0.15) is 0 Å². The third-order valence-electron chi connectivity index (χ3n) is 5.42. The zero-order valence-corrected chi connectivity index (χ0v) is 17.9. The number of aryl methyl sites for hydroxylation is 5. The highest BCUT2D eigenvalue weighted by molar-refractivity contribution is 6.33. The van der Waals surface area contributed by atoms with Gasteiger partial charge in [-0.1, -0.05) is 49.2 Å². The van der Waals surface area contributed by atoms with Crippen molar-refractivity contribution in [1.29, 1.82) is 0 Å². The molecule has 0 N–H and O–H groups in total. The minimum atomic E-state index is 0.314. The first-order valence-corrected chi connectivity index (χ1v) is 9.96. The van der Waals surface area contributed by atoms with Crippen molar-refractivity contribution in [3.05, 3.63) is 57.1 Å². The maximum Gasteiger partial charge on any atom is 0.104 e. The Morgan fingerprint density at radius 1 is 0.769 bits per heavy atom.